The quantitative estimate of drug-likeness (QED) is 0.873. The molecular formula is C14H20O3. The van der Waals surface area contributed by atoms with Crippen molar-refractivity contribution in [3.63, 3.8) is 0 Å². The first-order valence-electron chi connectivity index (χ1n) is 5.78. The maximum atomic E-state index is 10.6. The average molecular weight is 236 g/mol. The van der Waals surface area contributed by atoms with Crippen molar-refractivity contribution in [1.82, 2.24) is 0 Å². The molecule has 0 spiro atoms. The molecule has 0 aromatic heterocycles. The van der Waals surface area contributed by atoms with Gasteiger partial charge in [-0.15, -0.1) is 0 Å². The van der Waals surface area contributed by atoms with Crippen LogP contribution >= 0.6 is 0 Å². The average Bonchev–Trinajstić information content (AvgIpc) is 2.15. The molecule has 0 aliphatic heterocycles. The number of rotatable bonds is 4. The van der Waals surface area contributed by atoms with Gasteiger partial charge in [0, 0.05) is 0 Å². The predicted octanol–water partition coefficient (Wildman–Crippen LogP) is 3.23. The summed E-state index contributed by atoms with van der Waals surface area (Å²) in [5.74, 6) is -0.0699. The smallest absolute Gasteiger partial charge is 0.307 e. The molecule has 0 bridgehead atoms. The van der Waals surface area contributed by atoms with Gasteiger partial charge in [0.15, 0.2) is 0 Å². The predicted molar refractivity (Wildman–Crippen MR) is 67.5 cm³/mol. The second kappa shape index (κ2) is 5.21. The number of aliphatic carboxylic acids is 1. The SMILES string of the molecule is CC(CC(=O)O)Oc1ccccc1C(C)(C)C. The Hall–Kier alpha value is -1.51. The summed E-state index contributed by atoms with van der Waals surface area (Å²) in [4.78, 5) is 10.6. The number of hydrogen-bond acceptors (Lipinski definition) is 2. The first-order chi connectivity index (χ1) is 7.80. The van der Waals surface area contributed by atoms with E-state index >= 15 is 0 Å². The van der Waals surface area contributed by atoms with Crippen LogP contribution in [0.2, 0.25) is 0 Å². The van der Waals surface area contributed by atoms with Crippen LogP contribution < -0.4 is 4.74 Å². The van der Waals surface area contributed by atoms with Crippen LogP contribution in [0.1, 0.15) is 39.7 Å². The molecule has 0 aliphatic carbocycles. The van der Waals surface area contributed by atoms with E-state index in [0.717, 1.165) is 11.3 Å². The summed E-state index contributed by atoms with van der Waals surface area (Å²) in [7, 11) is 0. The summed E-state index contributed by atoms with van der Waals surface area (Å²) in [6.45, 7) is 8.10. The molecule has 1 atom stereocenters. The van der Waals surface area contributed by atoms with Crippen molar-refractivity contribution < 1.29 is 14.6 Å². The number of para-hydroxylation sites is 1. The summed E-state index contributed by atoms with van der Waals surface area (Å²) in [5.41, 5.74) is 1.08. The second-order valence-electron chi connectivity index (χ2n) is 5.27. The van der Waals surface area contributed by atoms with Crippen LogP contribution in [-0.4, -0.2) is 17.2 Å². The van der Waals surface area contributed by atoms with Gasteiger partial charge in [-0.3, -0.25) is 4.79 Å². The molecule has 17 heavy (non-hydrogen) atoms. The van der Waals surface area contributed by atoms with Gasteiger partial charge < -0.3 is 9.84 Å². The molecule has 1 rings (SSSR count). The summed E-state index contributed by atoms with van der Waals surface area (Å²) >= 11 is 0. The standard InChI is InChI=1S/C14H20O3/c1-10(9-13(15)16)17-12-8-6-5-7-11(12)14(2,3)4/h5-8,10H,9H2,1-4H3,(H,15,16). The minimum Gasteiger partial charge on any atom is -0.490 e. The highest BCUT2D eigenvalue weighted by molar-refractivity contribution is 5.67. The number of hydrogen-bond donors (Lipinski definition) is 1. The Balaban J connectivity index is 2.87. The van der Waals surface area contributed by atoms with E-state index in [1.807, 2.05) is 24.3 Å². The topological polar surface area (TPSA) is 46.5 Å². The fraction of sp³-hybridized carbons (Fsp3) is 0.500. The summed E-state index contributed by atoms with van der Waals surface area (Å²) in [6.07, 6.45) is -0.311. The molecule has 3 heteroatoms. The number of carboxylic acids is 1. The molecule has 1 N–H and O–H groups in total. The molecule has 1 unspecified atom stereocenters. The van der Waals surface area contributed by atoms with E-state index in [-0.39, 0.29) is 17.9 Å². The Morgan fingerprint density at radius 1 is 1.35 bits per heavy atom. The molecule has 0 aliphatic rings. The Morgan fingerprint density at radius 3 is 2.47 bits per heavy atom. The summed E-state index contributed by atoms with van der Waals surface area (Å²) in [6, 6.07) is 7.77. The first kappa shape index (κ1) is 13.6. The number of benzene rings is 1. The summed E-state index contributed by atoms with van der Waals surface area (Å²) in [5, 5.41) is 8.71. The van der Waals surface area contributed by atoms with E-state index in [2.05, 4.69) is 20.8 Å². The molecular weight excluding hydrogens is 216 g/mol. The largest absolute Gasteiger partial charge is 0.490 e. The third-order valence-electron chi connectivity index (χ3n) is 2.49. The van der Waals surface area contributed by atoms with Gasteiger partial charge in [0.05, 0.1) is 6.42 Å². The molecule has 0 heterocycles. The van der Waals surface area contributed by atoms with Crippen molar-refractivity contribution in [2.45, 2.75) is 45.6 Å². The molecule has 1 aromatic rings. The van der Waals surface area contributed by atoms with Gasteiger partial charge in [0.1, 0.15) is 11.9 Å². The van der Waals surface area contributed by atoms with Gasteiger partial charge in [-0.05, 0) is 24.0 Å². The van der Waals surface area contributed by atoms with E-state index in [9.17, 15) is 4.79 Å². The molecule has 3 nitrogen and oxygen atoms in total. The van der Waals surface area contributed by atoms with Gasteiger partial charge in [0.25, 0.3) is 0 Å². The lowest BCUT2D eigenvalue weighted by Gasteiger charge is -2.24. The highest BCUT2D eigenvalue weighted by Gasteiger charge is 2.20. The van der Waals surface area contributed by atoms with Gasteiger partial charge in [0.2, 0.25) is 0 Å². The lowest BCUT2D eigenvalue weighted by atomic mass is 9.86. The minimum absolute atomic E-state index is 0.0124. The Bertz CT molecular complexity index is 391. The second-order valence-corrected chi connectivity index (χ2v) is 5.27. The Morgan fingerprint density at radius 2 is 1.94 bits per heavy atom. The molecule has 1 aromatic carbocycles. The van der Waals surface area contributed by atoms with E-state index in [1.165, 1.54) is 0 Å². The number of carboxylic acid groups (broad SMARTS) is 1. The fourth-order valence-electron chi connectivity index (χ4n) is 1.69. The third-order valence-corrected chi connectivity index (χ3v) is 2.49. The van der Waals surface area contributed by atoms with Gasteiger partial charge in [-0.25, -0.2) is 0 Å². The number of ether oxygens (including phenoxy) is 1. The first-order valence-corrected chi connectivity index (χ1v) is 5.78. The van der Waals surface area contributed by atoms with E-state index in [1.54, 1.807) is 6.92 Å². The van der Waals surface area contributed by atoms with Gasteiger partial charge in [-0.1, -0.05) is 39.0 Å². The van der Waals surface area contributed by atoms with Crippen molar-refractivity contribution in [2.24, 2.45) is 0 Å². The van der Waals surface area contributed by atoms with Crippen molar-refractivity contribution in [1.29, 1.82) is 0 Å². The van der Waals surface area contributed by atoms with Crippen LogP contribution in [0.3, 0.4) is 0 Å². The zero-order valence-corrected chi connectivity index (χ0v) is 10.9. The maximum Gasteiger partial charge on any atom is 0.307 e. The minimum atomic E-state index is -0.842. The Kier molecular flexibility index (Phi) is 4.16. The van der Waals surface area contributed by atoms with Crippen LogP contribution in [0.15, 0.2) is 24.3 Å². The maximum absolute atomic E-state index is 10.6. The number of carbonyl (C=O) groups is 1. The van der Waals surface area contributed by atoms with Gasteiger partial charge >= 0.3 is 5.97 Å². The van der Waals surface area contributed by atoms with Crippen molar-refractivity contribution in [3.05, 3.63) is 29.8 Å². The van der Waals surface area contributed by atoms with Crippen molar-refractivity contribution in [2.75, 3.05) is 0 Å². The molecule has 0 amide bonds. The monoisotopic (exact) mass is 236 g/mol. The highest BCUT2D eigenvalue weighted by atomic mass is 16.5. The normalized spacial score (nSPS) is 13.2. The highest BCUT2D eigenvalue weighted by Crippen LogP contribution is 2.31. The molecule has 0 radical (unpaired) electrons. The zero-order valence-electron chi connectivity index (χ0n) is 10.9. The van der Waals surface area contributed by atoms with Crippen LogP contribution in [-0.2, 0) is 10.2 Å². The van der Waals surface area contributed by atoms with Gasteiger partial charge in [-0.2, -0.15) is 0 Å². The molecule has 94 valence electrons. The van der Waals surface area contributed by atoms with Crippen molar-refractivity contribution in [3.8, 4) is 5.75 Å². The van der Waals surface area contributed by atoms with Crippen molar-refractivity contribution >= 4 is 5.97 Å². The van der Waals surface area contributed by atoms with Crippen LogP contribution in [0, 0.1) is 0 Å². The van der Waals surface area contributed by atoms with E-state index < -0.39 is 5.97 Å². The van der Waals surface area contributed by atoms with Crippen LogP contribution in [0.25, 0.3) is 0 Å². The summed E-state index contributed by atoms with van der Waals surface area (Å²) < 4.78 is 5.70. The third kappa shape index (κ3) is 4.10. The van der Waals surface area contributed by atoms with Crippen LogP contribution in [0.4, 0.5) is 0 Å². The van der Waals surface area contributed by atoms with E-state index in [0.29, 0.717) is 0 Å². The lowest BCUT2D eigenvalue weighted by Crippen LogP contribution is -2.20. The molecule has 0 saturated carbocycles. The zero-order chi connectivity index (χ0) is 13.1. The Labute approximate surface area is 102 Å². The van der Waals surface area contributed by atoms with Crippen LogP contribution in [0.5, 0.6) is 5.75 Å². The molecule has 0 fully saturated rings. The van der Waals surface area contributed by atoms with E-state index in [4.69, 9.17) is 9.84 Å². The lowest BCUT2D eigenvalue weighted by molar-refractivity contribution is -0.138. The molecule has 0 saturated heterocycles. The fourth-order valence-corrected chi connectivity index (χ4v) is 1.69.